The molecule has 0 atom stereocenters. The van der Waals surface area contributed by atoms with Crippen LogP contribution in [0.3, 0.4) is 0 Å². The third-order valence-corrected chi connectivity index (χ3v) is 4.83. The third-order valence-electron chi connectivity index (χ3n) is 4.83. The standard InChI is InChI=1S/C22H19N3O3/c1-14-17-5-3-4-6-18(17)28-19(14)13-25(2)21(27)10-7-15-11-16-8-9-20(26)24-22(16)23-12-15/h3-6,11-12H,8-9,13H2,1-2H3,(H,23,24,26). The van der Waals surface area contributed by atoms with Gasteiger partial charge >= 0.3 is 0 Å². The molecule has 1 aromatic carbocycles. The summed E-state index contributed by atoms with van der Waals surface area (Å²) >= 11 is 0. The highest BCUT2D eigenvalue weighted by atomic mass is 16.3. The van der Waals surface area contributed by atoms with Crippen LogP contribution in [-0.4, -0.2) is 28.7 Å². The van der Waals surface area contributed by atoms with Gasteiger partial charge in [-0.2, -0.15) is 0 Å². The number of amides is 2. The number of aryl methyl sites for hydroxylation is 2. The second-order valence-corrected chi connectivity index (χ2v) is 6.84. The molecule has 1 aliphatic rings. The van der Waals surface area contributed by atoms with E-state index in [-0.39, 0.29) is 11.8 Å². The lowest BCUT2D eigenvalue weighted by Gasteiger charge is -2.15. The van der Waals surface area contributed by atoms with Crippen LogP contribution in [0.2, 0.25) is 0 Å². The summed E-state index contributed by atoms with van der Waals surface area (Å²) in [6, 6.07) is 9.68. The van der Waals surface area contributed by atoms with E-state index in [0.717, 1.165) is 27.9 Å². The Kier molecular flexibility index (Phi) is 4.58. The molecule has 0 fully saturated rings. The molecule has 140 valence electrons. The molecule has 6 nitrogen and oxygen atoms in total. The number of furan rings is 1. The summed E-state index contributed by atoms with van der Waals surface area (Å²) in [5, 5.41) is 3.78. The first-order chi connectivity index (χ1) is 13.5. The number of hydrogen-bond donors (Lipinski definition) is 1. The molecule has 2 aromatic heterocycles. The van der Waals surface area contributed by atoms with Crippen molar-refractivity contribution in [2.75, 3.05) is 12.4 Å². The summed E-state index contributed by atoms with van der Waals surface area (Å²) in [5.41, 5.74) is 3.43. The lowest BCUT2D eigenvalue weighted by atomic mass is 10.1. The Bertz CT molecular complexity index is 1150. The molecule has 0 unspecified atom stereocenters. The average molecular weight is 373 g/mol. The van der Waals surface area contributed by atoms with Crippen LogP contribution >= 0.6 is 0 Å². The Balaban J connectivity index is 1.48. The summed E-state index contributed by atoms with van der Waals surface area (Å²) in [4.78, 5) is 29.6. The zero-order valence-corrected chi connectivity index (χ0v) is 15.7. The molecule has 0 aliphatic carbocycles. The molecule has 1 aliphatic heterocycles. The van der Waals surface area contributed by atoms with Gasteiger partial charge < -0.3 is 14.6 Å². The van der Waals surface area contributed by atoms with Crippen LogP contribution in [0.4, 0.5) is 5.82 Å². The van der Waals surface area contributed by atoms with E-state index in [0.29, 0.717) is 30.8 Å². The van der Waals surface area contributed by atoms with Crippen molar-refractivity contribution < 1.29 is 14.0 Å². The fourth-order valence-corrected chi connectivity index (χ4v) is 3.21. The van der Waals surface area contributed by atoms with Crippen LogP contribution in [0.5, 0.6) is 0 Å². The number of anilines is 1. The molecule has 0 spiro atoms. The smallest absolute Gasteiger partial charge is 0.298 e. The third kappa shape index (κ3) is 3.47. The topological polar surface area (TPSA) is 75.4 Å². The van der Waals surface area contributed by atoms with E-state index in [4.69, 9.17) is 4.42 Å². The predicted octanol–water partition coefficient (Wildman–Crippen LogP) is 3.03. The van der Waals surface area contributed by atoms with Gasteiger partial charge in [-0.25, -0.2) is 4.98 Å². The van der Waals surface area contributed by atoms with Gasteiger partial charge in [-0.05, 0) is 31.0 Å². The first-order valence-corrected chi connectivity index (χ1v) is 9.04. The molecule has 3 heterocycles. The highest BCUT2D eigenvalue weighted by Gasteiger charge is 2.16. The van der Waals surface area contributed by atoms with E-state index in [1.54, 1.807) is 13.2 Å². The van der Waals surface area contributed by atoms with Crippen LogP contribution in [-0.2, 0) is 22.6 Å². The average Bonchev–Trinajstić information content (AvgIpc) is 3.01. The van der Waals surface area contributed by atoms with Crippen LogP contribution < -0.4 is 5.32 Å². The minimum Gasteiger partial charge on any atom is -0.459 e. The van der Waals surface area contributed by atoms with E-state index < -0.39 is 0 Å². The largest absolute Gasteiger partial charge is 0.459 e. The summed E-state index contributed by atoms with van der Waals surface area (Å²) in [6.07, 6.45) is 2.63. The molecule has 3 aromatic rings. The van der Waals surface area contributed by atoms with Crippen molar-refractivity contribution in [2.45, 2.75) is 26.3 Å². The molecular formula is C22H19N3O3. The second kappa shape index (κ2) is 7.20. The molecule has 28 heavy (non-hydrogen) atoms. The Morgan fingerprint density at radius 2 is 2.14 bits per heavy atom. The fourth-order valence-electron chi connectivity index (χ4n) is 3.21. The van der Waals surface area contributed by atoms with Crippen molar-refractivity contribution in [1.29, 1.82) is 0 Å². The molecule has 0 saturated heterocycles. The summed E-state index contributed by atoms with van der Waals surface area (Å²) in [7, 11) is 1.70. The SMILES string of the molecule is Cc1c(CN(C)C(=O)C#Cc2cnc3c(c2)CCC(=O)N3)oc2ccccc12. The number of nitrogens with zero attached hydrogens (tertiary/aromatic N) is 2. The van der Waals surface area contributed by atoms with Crippen LogP contribution in [0, 0.1) is 18.8 Å². The van der Waals surface area contributed by atoms with Gasteiger partial charge in [-0.15, -0.1) is 0 Å². The molecule has 0 saturated carbocycles. The number of rotatable bonds is 2. The summed E-state index contributed by atoms with van der Waals surface area (Å²) < 4.78 is 5.87. The molecule has 6 heteroatoms. The number of hydrogen-bond acceptors (Lipinski definition) is 4. The minimum absolute atomic E-state index is 0.0310. The number of para-hydroxylation sites is 1. The van der Waals surface area contributed by atoms with E-state index in [1.165, 1.54) is 4.90 Å². The van der Waals surface area contributed by atoms with Gasteiger partial charge in [0.2, 0.25) is 5.91 Å². The van der Waals surface area contributed by atoms with Crippen molar-refractivity contribution in [3.8, 4) is 11.8 Å². The van der Waals surface area contributed by atoms with Gasteiger partial charge in [0.1, 0.15) is 17.2 Å². The normalized spacial score (nSPS) is 12.7. The van der Waals surface area contributed by atoms with E-state index in [9.17, 15) is 9.59 Å². The molecule has 2 amide bonds. The Morgan fingerprint density at radius 3 is 2.96 bits per heavy atom. The number of carbonyl (C=O) groups excluding carboxylic acids is 2. The zero-order valence-electron chi connectivity index (χ0n) is 15.7. The number of aromatic nitrogens is 1. The van der Waals surface area contributed by atoms with E-state index >= 15 is 0 Å². The monoisotopic (exact) mass is 373 g/mol. The van der Waals surface area contributed by atoms with Crippen molar-refractivity contribution in [3.05, 3.63) is 59.0 Å². The molecule has 0 bridgehead atoms. The molecule has 4 rings (SSSR count). The van der Waals surface area contributed by atoms with Gasteiger partial charge in [-0.1, -0.05) is 24.1 Å². The van der Waals surface area contributed by atoms with Crippen molar-refractivity contribution in [2.24, 2.45) is 0 Å². The number of benzene rings is 1. The van der Waals surface area contributed by atoms with Crippen molar-refractivity contribution in [1.82, 2.24) is 9.88 Å². The lowest BCUT2D eigenvalue weighted by molar-refractivity contribution is -0.124. The van der Waals surface area contributed by atoms with E-state index in [1.807, 2.05) is 37.3 Å². The Labute approximate surface area is 162 Å². The van der Waals surface area contributed by atoms with Crippen LogP contribution in [0.15, 0.2) is 40.9 Å². The quantitative estimate of drug-likeness (QED) is 0.701. The zero-order chi connectivity index (χ0) is 19.7. The first-order valence-electron chi connectivity index (χ1n) is 9.04. The Hall–Kier alpha value is -3.59. The van der Waals surface area contributed by atoms with Gasteiger partial charge in [-0.3, -0.25) is 9.59 Å². The molecular weight excluding hydrogens is 354 g/mol. The van der Waals surface area contributed by atoms with Crippen LogP contribution in [0.1, 0.15) is 28.9 Å². The highest BCUT2D eigenvalue weighted by molar-refractivity contribution is 5.94. The van der Waals surface area contributed by atoms with Crippen LogP contribution in [0.25, 0.3) is 11.0 Å². The van der Waals surface area contributed by atoms with Gasteiger partial charge in [0.05, 0.1) is 6.54 Å². The maximum atomic E-state index is 12.4. The number of nitrogens with one attached hydrogen (secondary N) is 1. The predicted molar refractivity (Wildman–Crippen MR) is 105 cm³/mol. The highest BCUT2D eigenvalue weighted by Crippen LogP contribution is 2.25. The second-order valence-electron chi connectivity index (χ2n) is 6.84. The minimum atomic E-state index is -0.300. The number of fused-ring (bicyclic) bond motifs is 2. The first kappa shape index (κ1) is 17.8. The van der Waals surface area contributed by atoms with E-state index in [2.05, 4.69) is 22.1 Å². The van der Waals surface area contributed by atoms with Gasteiger partial charge in [0, 0.05) is 42.1 Å². The Morgan fingerprint density at radius 1 is 1.32 bits per heavy atom. The molecule has 0 radical (unpaired) electrons. The maximum absolute atomic E-state index is 12.4. The van der Waals surface area contributed by atoms with Crippen molar-refractivity contribution >= 4 is 28.6 Å². The maximum Gasteiger partial charge on any atom is 0.298 e. The lowest BCUT2D eigenvalue weighted by Crippen LogP contribution is -2.24. The van der Waals surface area contributed by atoms with Gasteiger partial charge in [0.25, 0.3) is 5.91 Å². The van der Waals surface area contributed by atoms with Crippen molar-refractivity contribution in [3.63, 3.8) is 0 Å². The summed E-state index contributed by atoms with van der Waals surface area (Å²) in [6.45, 7) is 2.34. The number of carbonyl (C=O) groups is 2. The summed E-state index contributed by atoms with van der Waals surface area (Å²) in [5.74, 6) is 6.52. The number of pyridine rings is 1. The molecule has 1 N–H and O–H groups in total. The van der Waals surface area contributed by atoms with Gasteiger partial charge in [0.15, 0.2) is 0 Å². The fraction of sp³-hybridized carbons (Fsp3) is 0.227.